The Morgan fingerprint density at radius 2 is 1.80 bits per heavy atom. The summed E-state index contributed by atoms with van der Waals surface area (Å²) in [6, 6.07) is 20.2. The normalized spacial score (nSPS) is 19.4. The molecule has 4 rings (SSSR count). The number of nitriles is 1. The third-order valence-corrected chi connectivity index (χ3v) is 5.52. The lowest BCUT2D eigenvalue weighted by Crippen LogP contribution is -2.17. The van der Waals surface area contributed by atoms with Gasteiger partial charge in [0.2, 0.25) is 0 Å². The molecule has 0 N–H and O–H groups in total. The number of rotatable bonds is 2. The quantitative estimate of drug-likeness (QED) is 0.536. The molecule has 0 radical (unpaired) electrons. The highest BCUT2D eigenvalue weighted by Gasteiger charge is 2.29. The molecule has 0 aromatic heterocycles. The molecule has 1 aliphatic carbocycles. The van der Waals surface area contributed by atoms with Crippen LogP contribution in [0.5, 0.6) is 0 Å². The van der Waals surface area contributed by atoms with Crippen molar-refractivity contribution in [1.29, 1.82) is 5.26 Å². The van der Waals surface area contributed by atoms with Crippen LogP contribution in [-0.2, 0) is 6.42 Å². The summed E-state index contributed by atoms with van der Waals surface area (Å²) in [4.78, 5) is 0. The summed E-state index contributed by atoms with van der Waals surface area (Å²) in [7, 11) is 0. The van der Waals surface area contributed by atoms with Crippen molar-refractivity contribution >= 4 is 10.8 Å². The first-order valence-corrected chi connectivity index (χ1v) is 8.91. The molecule has 0 heterocycles. The highest BCUT2D eigenvalue weighted by atomic mass is 19.1. The maximum absolute atomic E-state index is 14.8. The standard InChI is InChI=1S/C23H20FN/c1-2-16-7-11-21-20-10-8-18(17-5-3-15(14-25)4-6-17)13-19(20)9-12-22(21)23(16)24/h3-6,8-10,12-13,16,23H,2,7,11H2,1H3. The molecule has 3 aromatic carbocycles. The van der Waals surface area contributed by atoms with Crippen LogP contribution in [0.15, 0.2) is 54.6 Å². The van der Waals surface area contributed by atoms with Gasteiger partial charge in [0.05, 0.1) is 11.6 Å². The Balaban J connectivity index is 1.78. The molecule has 2 unspecified atom stereocenters. The van der Waals surface area contributed by atoms with Crippen molar-refractivity contribution in [3.63, 3.8) is 0 Å². The van der Waals surface area contributed by atoms with E-state index in [1.165, 1.54) is 10.9 Å². The summed E-state index contributed by atoms with van der Waals surface area (Å²) in [6.45, 7) is 2.08. The average Bonchev–Trinajstić information content (AvgIpc) is 2.67. The van der Waals surface area contributed by atoms with Crippen LogP contribution >= 0.6 is 0 Å². The third kappa shape index (κ3) is 2.70. The summed E-state index contributed by atoms with van der Waals surface area (Å²) in [5.74, 6) is 0.155. The van der Waals surface area contributed by atoms with Crippen LogP contribution in [0.4, 0.5) is 4.39 Å². The molecule has 0 aliphatic heterocycles. The zero-order chi connectivity index (χ0) is 17.4. The van der Waals surface area contributed by atoms with E-state index in [0.29, 0.717) is 5.56 Å². The lowest BCUT2D eigenvalue weighted by molar-refractivity contribution is 0.201. The van der Waals surface area contributed by atoms with Gasteiger partial charge in [0.25, 0.3) is 0 Å². The number of aryl methyl sites for hydroxylation is 1. The van der Waals surface area contributed by atoms with Crippen molar-refractivity contribution in [3.05, 3.63) is 71.3 Å². The maximum Gasteiger partial charge on any atom is 0.128 e. The molecular formula is C23H20FN. The van der Waals surface area contributed by atoms with E-state index in [2.05, 4.69) is 31.2 Å². The monoisotopic (exact) mass is 329 g/mol. The Hall–Kier alpha value is -2.66. The Morgan fingerprint density at radius 1 is 1.04 bits per heavy atom. The van der Waals surface area contributed by atoms with Gasteiger partial charge in [0.15, 0.2) is 0 Å². The van der Waals surface area contributed by atoms with Crippen molar-refractivity contribution in [2.75, 3.05) is 0 Å². The molecule has 0 amide bonds. The fraction of sp³-hybridized carbons (Fsp3) is 0.261. The topological polar surface area (TPSA) is 23.8 Å². The van der Waals surface area contributed by atoms with E-state index in [-0.39, 0.29) is 5.92 Å². The van der Waals surface area contributed by atoms with Gasteiger partial charge < -0.3 is 0 Å². The fourth-order valence-corrected chi connectivity index (χ4v) is 4.01. The van der Waals surface area contributed by atoms with Crippen LogP contribution in [0, 0.1) is 17.2 Å². The van der Waals surface area contributed by atoms with Crippen LogP contribution < -0.4 is 0 Å². The van der Waals surface area contributed by atoms with Gasteiger partial charge in [-0.05, 0) is 70.0 Å². The van der Waals surface area contributed by atoms with Crippen molar-refractivity contribution in [2.45, 2.75) is 32.4 Å². The molecule has 2 heteroatoms. The smallest absolute Gasteiger partial charge is 0.128 e. The van der Waals surface area contributed by atoms with Crippen molar-refractivity contribution in [3.8, 4) is 17.2 Å². The van der Waals surface area contributed by atoms with E-state index in [4.69, 9.17) is 5.26 Å². The largest absolute Gasteiger partial charge is 0.242 e. The number of alkyl halides is 1. The predicted molar refractivity (Wildman–Crippen MR) is 100 cm³/mol. The van der Waals surface area contributed by atoms with Crippen LogP contribution in [-0.4, -0.2) is 0 Å². The van der Waals surface area contributed by atoms with Gasteiger partial charge in [0, 0.05) is 0 Å². The Labute approximate surface area is 147 Å². The zero-order valence-corrected chi connectivity index (χ0v) is 14.3. The molecule has 0 saturated carbocycles. The zero-order valence-electron chi connectivity index (χ0n) is 14.3. The first-order chi connectivity index (χ1) is 12.2. The average molecular weight is 329 g/mol. The minimum atomic E-state index is -0.837. The minimum absolute atomic E-state index is 0.155. The summed E-state index contributed by atoms with van der Waals surface area (Å²) in [5, 5.41) is 11.3. The Morgan fingerprint density at radius 3 is 2.52 bits per heavy atom. The van der Waals surface area contributed by atoms with Gasteiger partial charge in [-0.15, -0.1) is 0 Å². The maximum atomic E-state index is 14.8. The van der Waals surface area contributed by atoms with Crippen molar-refractivity contribution in [2.24, 2.45) is 5.92 Å². The first-order valence-electron chi connectivity index (χ1n) is 8.91. The van der Waals surface area contributed by atoms with Gasteiger partial charge in [-0.2, -0.15) is 5.26 Å². The number of fused-ring (bicyclic) bond motifs is 3. The highest BCUT2D eigenvalue weighted by Crippen LogP contribution is 2.42. The second-order valence-electron chi connectivity index (χ2n) is 6.87. The highest BCUT2D eigenvalue weighted by molar-refractivity contribution is 5.91. The second-order valence-corrected chi connectivity index (χ2v) is 6.87. The number of nitrogens with zero attached hydrogens (tertiary/aromatic N) is 1. The van der Waals surface area contributed by atoms with Crippen LogP contribution in [0.3, 0.4) is 0 Å². The van der Waals surface area contributed by atoms with Crippen molar-refractivity contribution < 1.29 is 4.39 Å². The first kappa shape index (κ1) is 15.8. The molecule has 0 spiro atoms. The minimum Gasteiger partial charge on any atom is -0.242 e. The second kappa shape index (κ2) is 6.33. The summed E-state index contributed by atoms with van der Waals surface area (Å²) >= 11 is 0. The van der Waals surface area contributed by atoms with Crippen molar-refractivity contribution in [1.82, 2.24) is 0 Å². The summed E-state index contributed by atoms with van der Waals surface area (Å²) in [5.41, 5.74) is 4.94. The molecule has 25 heavy (non-hydrogen) atoms. The lowest BCUT2D eigenvalue weighted by Gasteiger charge is -2.28. The number of halogens is 1. The number of benzene rings is 3. The van der Waals surface area contributed by atoms with Crippen LogP contribution in [0.1, 0.15) is 42.6 Å². The molecule has 0 bridgehead atoms. The van der Waals surface area contributed by atoms with Gasteiger partial charge in [-0.1, -0.05) is 49.7 Å². The Bertz CT molecular complexity index is 966. The molecule has 124 valence electrons. The predicted octanol–water partition coefficient (Wildman–Crippen LogP) is 6.36. The van der Waals surface area contributed by atoms with Crippen LogP contribution in [0.2, 0.25) is 0 Å². The van der Waals surface area contributed by atoms with E-state index < -0.39 is 6.17 Å². The molecule has 2 atom stereocenters. The molecule has 3 aromatic rings. The summed E-state index contributed by atoms with van der Waals surface area (Å²) < 4.78 is 14.8. The van der Waals surface area contributed by atoms with Crippen LogP contribution in [0.25, 0.3) is 21.9 Å². The lowest BCUT2D eigenvalue weighted by atomic mass is 9.79. The molecular weight excluding hydrogens is 309 g/mol. The van der Waals surface area contributed by atoms with Gasteiger partial charge >= 0.3 is 0 Å². The summed E-state index contributed by atoms with van der Waals surface area (Å²) in [6.07, 6.45) is 1.95. The van der Waals surface area contributed by atoms with E-state index in [9.17, 15) is 4.39 Å². The Kier molecular flexibility index (Phi) is 4.01. The SMILES string of the molecule is CCC1CCc2c(ccc3cc(-c4ccc(C#N)cc4)ccc23)C1F. The molecule has 1 nitrogen and oxygen atoms in total. The van der Waals surface area contributed by atoms with Gasteiger partial charge in [-0.3, -0.25) is 0 Å². The molecule has 1 aliphatic rings. The van der Waals surface area contributed by atoms with E-state index >= 15 is 0 Å². The molecule has 0 saturated heterocycles. The fourth-order valence-electron chi connectivity index (χ4n) is 4.01. The third-order valence-electron chi connectivity index (χ3n) is 5.52. The van der Waals surface area contributed by atoms with E-state index in [1.54, 1.807) is 0 Å². The number of hydrogen-bond donors (Lipinski definition) is 0. The molecule has 0 fully saturated rings. The van der Waals surface area contributed by atoms with E-state index in [1.807, 2.05) is 36.4 Å². The van der Waals surface area contributed by atoms with Gasteiger partial charge in [0.1, 0.15) is 6.17 Å². The van der Waals surface area contributed by atoms with E-state index in [0.717, 1.165) is 41.3 Å². The number of hydrogen-bond acceptors (Lipinski definition) is 1. The van der Waals surface area contributed by atoms with Gasteiger partial charge in [-0.25, -0.2) is 4.39 Å².